The SMILES string of the molecule is N#Cc1cc(Cl)cc(On2cnc(C(F)F)cc2=O)c1. The Morgan fingerprint density at radius 3 is 2.70 bits per heavy atom. The van der Waals surface area contributed by atoms with Crippen molar-refractivity contribution in [3.63, 3.8) is 0 Å². The minimum absolute atomic E-state index is 0.114. The summed E-state index contributed by atoms with van der Waals surface area (Å²) in [6, 6.07) is 6.66. The Morgan fingerprint density at radius 1 is 1.35 bits per heavy atom. The van der Waals surface area contributed by atoms with E-state index in [4.69, 9.17) is 21.7 Å². The summed E-state index contributed by atoms with van der Waals surface area (Å²) in [6.07, 6.45) is -2.01. The van der Waals surface area contributed by atoms with Crippen LogP contribution < -0.4 is 10.4 Å². The van der Waals surface area contributed by atoms with Crippen LogP contribution in [0, 0.1) is 11.3 Å². The van der Waals surface area contributed by atoms with E-state index in [1.807, 2.05) is 6.07 Å². The van der Waals surface area contributed by atoms with Crippen LogP contribution in [0.1, 0.15) is 17.7 Å². The summed E-state index contributed by atoms with van der Waals surface area (Å²) in [5.74, 6) is 0.114. The second-order valence-electron chi connectivity index (χ2n) is 3.66. The van der Waals surface area contributed by atoms with Crippen molar-refractivity contribution in [1.29, 1.82) is 5.26 Å². The van der Waals surface area contributed by atoms with Gasteiger partial charge in [-0.3, -0.25) is 4.79 Å². The molecular formula is C12H6ClF2N3O2. The molecule has 2 aromatic rings. The fraction of sp³-hybridized carbons (Fsp3) is 0.0833. The molecule has 0 saturated carbocycles. The van der Waals surface area contributed by atoms with Crippen LogP contribution in [0.5, 0.6) is 5.75 Å². The van der Waals surface area contributed by atoms with Gasteiger partial charge in [0.05, 0.1) is 11.6 Å². The first kappa shape index (κ1) is 14.0. The van der Waals surface area contributed by atoms with Gasteiger partial charge in [-0.2, -0.15) is 5.26 Å². The van der Waals surface area contributed by atoms with Crippen LogP contribution in [-0.4, -0.2) is 9.71 Å². The lowest BCUT2D eigenvalue weighted by Crippen LogP contribution is -2.24. The summed E-state index contributed by atoms with van der Waals surface area (Å²) in [5, 5.41) is 9.02. The highest BCUT2D eigenvalue weighted by Crippen LogP contribution is 2.20. The predicted octanol–water partition coefficient (Wildman–Crippen LogP) is 2.55. The zero-order chi connectivity index (χ0) is 14.7. The van der Waals surface area contributed by atoms with E-state index in [-0.39, 0.29) is 16.3 Å². The number of hydrogen-bond acceptors (Lipinski definition) is 4. The third-order valence-corrected chi connectivity index (χ3v) is 2.45. The quantitative estimate of drug-likeness (QED) is 0.873. The molecule has 5 nitrogen and oxygen atoms in total. The highest BCUT2D eigenvalue weighted by atomic mass is 35.5. The van der Waals surface area contributed by atoms with Gasteiger partial charge in [-0.05, 0) is 6.07 Å². The average molecular weight is 298 g/mol. The standard InChI is InChI=1S/C12H6ClF2N3O2/c13-8-1-7(5-16)2-9(3-8)20-18-6-17-10(12(14)15)4-11(18)19/h1-4,6,12H. The molecule has 8 heteroatoms. The Balaban J connectivity index is 2.33. The Bertz CT molecular complexity index is 740. The molecule has 0 radical (unpaired) electrons. The Labute approximate surface area is 116 Å². The molecule has 0 amide bonds. The van der Waals surface area contributed by atoms with Crippen molar-refractivity contribution in [3.8, 4) is 11.8 Å². The van der Waals surface area contributed by atoms with Gasteiger partial charge in [0.1, 0.15) is 12.0 Å². The van der Waals surface area contributed by atoms with Gasteiger partial charge >= 0.3 is 0 Å². The zero-order valence-electron chi connectivity index (χ0n) is 9.76. The minimum atomic E-state index is -2.84. The van der Waals surface area contributed by atoms with Gasteiger partial charge in [0.25, 0.3) is 12.0 Å². The fourth-order valence-corrected chi connectivity index (χ4v) is 1.61. The maximum atomic E-state index is 12.4. The molecule has 20 heavy (non-hydrogen) atoms. The second-order valence-corrected chi connectivity index (χ2v) is 4.09. The first-order chi connectivity index (χ1) is 9.49. The number of nitriles is 1. The van der Waals surface area contributed by atoms with Gasteiger partial charge in [-0.25, -0.2) is 13.8 Å². The van der Waals surface area contributed by atoms with E-state index < -0.39 is 17.7 Å². The van der Waals surface area contributed by atoms with Gasteiger partial charge in [0, 0.05) is 23.2 Å². The highest BCUT2D eigenvalue weighted by Gasteiger charge is 2.11. The van der Waals surface area contributed by atoms with E-state index in [2.05, 4.69) is 4.98 Å². The van der Waals surface area contributed by atoms with Crippen LogP contribution in [0.2, 0.25) is 5.02 Å². The molecule has 1 aromatic carbocycles. The molecule has 0 saturated heterocycles. The molecule has 0 unspecified atom stereocenters. The van der Waals surface area contributed by atoms with Crippen LogP contribution in [0.4, 0.5) is 8.78 Å². The molecule has 0 fully saturated rings. The Kier molecular flexibility index (Phi) is 3.96. The molecule has 102 valence electrons. The van der Waals surface area contributed by atoms with Crippen molar-refractivity contribution in [2.24, 2.45) is 0 Å². The van der Waals surface area contributed by atoms with Crippen molar-refractivity contribution in [2.75, 3.05) is 0 Å². The summed E-state index contributed by atoms with van der Waals surface area (Å²) in [4.78, 5) is 20.1. The number of benzene rings is 1. The smallest absolute Gasteiger partial charge is 0.286 e. The van der Waals surface area contributed by atoms with E-state index >= 15 is 0 Å². The molecule has 0 bridgehead atoms. The summed E-state index contributed by atoms with van der Waals surface area (Å²) >= 11 is 5.77. The number of alkyl halides is 2. The third kappa shape index (κ3) is 3.10. The third-order valence-electron chi connectivity index (χ3n) is 2.23. The Hall–Kier alpha value is -2.46. The monoisotopic (exact) mass is 297 g/mol. The summed E-state index contributed by atoms with van der Waals surface area (Å²) < 4.78 is 25.4. The second kappa shape index (κ2) is 5.67. The van der Waals surface area contributed by atoms with Gasteiger partial charge in [-0.1, -0.05) is 11.6 Å². The van der Waals surface area contributed by atoms with Crippen molar-refractivity contribution < 1.29 is 13.6 Å². The van der Waals surface area contributed by atoms with Gasteiger partial charge < -0.3 is 4.84 Å². The van der Waals surface area contributed by atoms with Crippen molar-refractivity contribution in [3.05, 3.63) is 57.2 Å². The lowest BCUT2D eigenvalue weighted by atomic mass is 10.2. The maximum Gasteiger partial charge on any atom is 0.286 e. The van der Waals surface area contributed by atoms with Crippen molar-refractivity contribution >= 4 is 11.6 Å². The maximum absolute atomic E-state index is 12.4. The lowest BCUT2D eigenvalue weighted by molar-refractivity contribution is 0.142. The van der Waals surface area contributed by atoms with Crippen LogP contribution in [0.3, 0.4) is 0 Å². The summed E-state index contributed by atoms with van der Waals surface area (Å²) in [6.45, 7) is 0. The van der Waals surface area contributed by atoms with Crippen molar-refractivity contribution in [1.82, 2.24) is 9.71 Å². The first-order valence-electron chi connectivity index (χ1n) is 5.25. The molecule has 1 heterocycles. The number of nitrogens with zero attached hydrogens (tertiary/aromatic N) is 3. The van der Waals surface area contributed by atoms with Crippen molar-refractivity contribution in [2.45, 2.75) is 6.43 Å². The molecule has 0 aliphatic rings. The molecule has 2 rings (SSSR count). The molecule has 0 aliphatic carbocycles. The zero-order valence-corrected chi connectivity index (χ0v) is 10.5. The largest absolute Gasteiger partial charge is 0.371 e. The normalized spacial score (nSPS) is 10.3. The summed E-state index contributed by atoms with van der Waals surface area (Å²) in [7, 11) is 0. The molecule has 0 spiro atoms. The Morgan fingerprint density at radius 2 is 2.10 bits per heavy atom. The molecule has 1 aromatic heterocycles. The van der Waals surface area contributed by atoms with Crippen LogP contribution in [0.15, 0.2) is 35.4 Å². The number of aromatic nitrogens is 2. The predicted molar refractivity (Wildman–Crippen MR) is 65.6 cm³/mol. The topological polar surface area (TPSA) is 67.9 Å². The summed E-state index contributed by atoms with van der Waals surface area (Å²) in [5.41, 5.74) is -1.22. The molecular weight excluding hydrogens is 292 g/mol. The average Bonchev–Trinajstić information content (AvgIpc) is 2.40. The molecule has 0 N–H and O–H groups in total. The molecule has 0 atom stereocenters. The van der Waals surface area contributed by atoms with E-state index in [0.717, 1.165) is 6.33 Å². The van der Waals surface area contributed by atoms with Crippen LogP contribution >= 0.6 is 11.6 Å². The first-order valence-corrected chi connectivity index (χ1v) is 5.63. The fourth-order valence-electron chi connectivity index (χ4n) is 1.38. The van der Waals surface area contributed by atoms with Crippen LogP contribution in [-0.2, 0) is 0 Å². The van der Waals surface area contributed by atoms with E-state index in [1.165, 1.54) is 18.2 Å². The number of rotatable bonds is 3. The molecule has 0 aliphatic heterocycles. The van der Waals surface area contributed by atoms with Gasteiger partial charge in [0.2, 0.25) is 0 Å². The van der Waals surface area contributed by atoms with Crippen LogP contribution in [0.25, 0.3) is 0 Å². The van der Waals surface area contributed by atoms with E-state index in [9.17, 15) is 13.6 Å². The van der Waals surface area contributed by atoms with Gasteiger partial charge in [-0.15, -0.1) is 4.73 Å². The lowest BCUT2D eigenvalue weighted by Gasteiger charge is -2.08. The van der Waals surface area contributed by atoms with E-state index in [1.54, 1.807) is 0 Å². The minimum Gasteiger partial charge on any atom is -0.371 e. The van der Waals surface area contributed by atoms with Gasteiger partial charge in [0.15, 0.2) is 5.75 Å². The highest BCUT2D eigenvalue weighted by molar-refractivity contribution is 6.30. The van der Waals surface area contributed by atoms with E-state index in [0.29, 0.717) is 10.8 Å². The number of hydrogen-bond donors (Lipinski definition) is 0. The number of halogens is 3.